The highest BCUT2D eigenvalue weighted by atomic mass is 16.3. The first-order valence-corrected chi connectivity index (χ1v) is 4.44. The molecule has 1 aliphatic rings. The van der Waals surface area contributed by atoms with Crippen LogP contribution in [0.5, 0.6) is 0 Å². The van der Waals surface area contributed by atoms with Crippen molar-refractivity contribution in [1.29, 1.82) is 0 Å². The molecule has 0 spiro atoms. The summed E-state index contributed by atoms with van der Waals surface area (Å²) in [6.45, 7) is -0.576. The van der Waals surface area contributed by atoms with E-state index in [4.69, 9.17) is 15.3 Å². The Morgan fingerprint density at radius 3 is 2.31 bits per heavy atom. The van der Waals surface area contributed by atoms with E-state index in [-0.39, 0.29) is 25.9 Å². The van der Waals surface area contributed by atoms with Crippen molar-refractivity contribution in [1.82, 2.24) is 5.32 Å². The van der Waals surface area contributed by atoms with Gasteiger partial charge in [-0.3, -0.25) is 0 Å². The molecule has 0 aliphatic carbocycles. The smallest absolute Gasteiger partial charge is 0.0675 e. The minimum absolute atomic E-state index is 0.0984. The summed E-state index contributed by atoms with van der Waals surface area (Å²) >= 11 is 0. The van der Waals surface area contributed by atoms with Gasteiger partial charge in [-0.1, -0.05) is 0 Å². The van der Waals surface area contributed by atoms with E-state index < -0.39 is 11.6 Å². The van der Waals surface area contributed by atoms with Crippen LogP contribution in [0, 0.1) is 0 Å². The standard InChI is InChI=1S/C8H17NO4/c10-3-6-1-7(13)2-8(4-11,5-12)9-6/h6-7,9-13H,1-5H2/t6-,7-/m1/s1. The largest absolute Gasteiger partial charge is 0.395 e. The van der Waals surface area contributed by atoms with Gasteiger partial charge in [0.25, 0.3) is 0 Å². The maximum absolute atomic E-state index is 9.44. The molecule has 0 saturated carbocycles. The van der Waals surface area contributed by atoms with Crippen LogP contribution in [0.25, 0.3) is 0 Å². The van der Waals surface area contributed by atoms with E-state index in [0.29, 0.717) is 12.8 Å². The number of nitrogens with one attached hydrogen (secondary N) is 1. The Morgan fingerprint density at radius 2 is 1.85 bits per heavy atom. The lowest BCUT2D eigenvalue weighted by Gasteiger charge is -2.41. The molecule has 1 heterocycles. The maximum Gasteiger partial charge on any atom is 0.0675 e. The molecule has 78 valence electrons. The van der Waals surface area contributed by atoms with Crippen LogP contribution in [0.2, 0.25) is 0 Å². The average Bonchev–Trinajstić information content (AvgIpc) is 2.16. The molecule has 0 aromatic rings. The Morgan fingerprint density at radius 1 is 1.23 bits per heavy atom. The average molecular weight is 191 g/mol. The third kappa shape index (κ3) is 2.38. The topological polar surface area (TPSA) is 93.0 Å². The molecule has 1 aliphatic heterocycles. The Hall–Kier alpha value is -0.200. The summed E-state index contributed by atoms with van der Waals surface area (Å²) in [4.78, 5) is 0. The van der Waals surface area contributed by atoms with Gasteiger partial charge < -0.3 is 25.7 Å². The van der Waals surface area contributed by atoms with E-state index in [1.807, 2.05) is 0 Å². The molecule has 0 aromatic carbocycles. The van der Waals surface area contributed by atoms with Gasteiger partial charge in [-0.05, 0) is 12.8 Å². The van der Waals surface area contributed by atoms with Crippen LogP contribution in [0.4, 0.5) is 0 Å². The molecule has 0 amide bonds. The maximum atomic E-state index is 9.44. The molecule has 1 rings (SSSR count). The van der Waals surface area contributed by atoms with Crippen LogP contribution >= 0.6 is 0 Å². The second-order valence-corrected chi connectivity index (χ2v) is 3.71. The molecular formula is C8H17NO4. The van der Waals surface area contributed by atoms with Crippen molar-refractivity contribution in [2.45, 2.75) is 30.5 Å². The Kier molecular flexibility index (Phi) is 3.63. The highest BCUT2D eigenvalue weighted by Crippen LogP contribution is 2.22. The van der Waals surface area contributed by atoms with Gasteiger partial charge in [0, 0.05) is 6.04 Å². The number of aliphatic hydroxyl groups is 4. The fourth-order valence-electron chi connectivity index (χ4n) is 1.80. The second kappa shape index (κ2) is 4.34. The zero-order valence-corrected chi connectivity index (χ0v) is 7.48. The summed E-state index contributed by atoms with van der Waals surface area (Å²) in [5.41, 5.74) is -0.842. The van der Waals surface area contributed by atoms with Crippen molar-refractivity contribution in [2.75, 3.05) is 19.8 Å². The predicted octanol–water partition coefficient (Wildman–Crippen LogP) is -2.18. The summed E-state index contributed by atoms with van der Waals surface area (Å²) in [6.07, 6.45) is 0.201. The van der Waals surface area contributed by atoms with Crippen molar-refractivity contribution in [3.8, 4) is 0 Å². The Labute approximate surface area is 77.0 Å². The summed E-state index contributed by atoms with van der Waals surface area (Å²) in [7, 11) is 0. The second-order valence-electron chi connectivity index (χ2n) is 3.71. The molecule has 0 aromatic heterocycles. The highest BCUT2D eigenvalue weighted by Gasteiger charge is 2.38. The lowest BCUT2D eigenvalue weighted by Crippen LogP contribution is -2.62. The van der Waals surface area contributed by atoms with Crippen LogP contribution < -0.4 is 5.32 Å². The third-order valence-corrected chi connectivity index (χ3v) is 2.52. The van der Waals surface area contributed by atoms with Gasteiger partial charge in [-0.2, -0.15) is 0 Å². The fourth-order valence-corrected chi connectivity index (χ4v) is 1.80. The van der Waals surface area contributed by atoms with Crippen molar-refractivity contribution in [3.05, 3.63) is 0 Å². The van der Waals surface area contributed by atoms with Crippen LogP contribution in [0.15, 0.2) is 0 Å². The molecule has 5 nitrogen and oxygen atoms in total. The molecule has 5 N–H and O–H groups in total. The molecule has 5 heteroatoms. The van der Waals surface area contributed by atoms with E-state index in [9.17, 15) is 5.11 Å². The first kappa shape index (κ1) is 10.9. The van der Waals surface area contributed by atoms with E-state index in [1.165, 1.54) is 0 Å². The van der Waals surface area contributed by atoms with Gasteiger partial charge in [-0.15, -0.1) is 0 Å². The number of piperidine rings is 1. The third-order valence-electron chi connectivity index (χ3n) is 2.52. The van der Waals surface area contributed by atoms with Crippen LogP contribution in [-0.4, -0.2) is 57.9 Å². The van der Waals surface area contributed by atoms with Crippen molar-refractivity contribution in [3.63, 3.8) is 0 Å². The number of rotatable bonds is 3. The van der Waals surface area contributed by atoms with Crippen molar-refractivity contribution in [2.24, 2.45) is 0 Å². The molecule has 2 atom stereocenters. The summed E-state index contributed by atoms with van der Waals surface area (Å²) in [5.74, 6) is 0. The summed E-state index contributed by atoms with van der Waals surface area (Å²) < 4.78 is 0. The summed E-state index contributed by atoms with van der Waals surface area (Å²) in [6, 6.07) is -0.247. The first-order chi connectivity index (χ1) is 6.15. The predicted molar refractivity (Wildman–Crippen MR) is 46.2 cm³/mol. The number of hydrogen-bond acceptors (Lipinski definition) is 5. The van der Waals surface area contributed by atoms with Gasteiger partial charge >= 0.3 is 0 Å². The van der Waals surface area contributed by atoms with Gasteiger partial charge in [0.05, 0.1) is 31.5 Å². The number of aliphatic hydroxyl groups excluding tert-OH is 4. The Bertz CT molecular complexity index is 160. The quantitative estimate of drug-likeness (QED) is 0.349. The zero-order chi connectivity index (χ0) is 9.90. The van der Waals surface area contributed by atoms with Gasteiger partial charge in [-0.25, -0.2) is 0 Å². The van der Waals surface area contributed by atoms with Crippen LogP contribution in [-0.2, 0) is 0 Å². The lowest BCUT2D eigenvalue weighted by atomic mass is 9.85. The van der Waals surface area contributed by atoms with Crippen LogP contribution in [0.1, 0.15) is 12.8 Å². The first-order valence-electron chi connectivity index (χ1n) is 4.44. The van der Waals surface area contributed by atoms with E-state index in [0.717, 1.165) is 0 Å². The zero-order valence-electron chi connectivity index (χ0n) is 7.48. The van der Waals surface area contributed by atoms with Gasteiger partial charge in [0.2, 0.25) is 0 Å². The molecule has 1 fully saturated rings. The molecule has 0 unspecified atom stereocenters. The Balaban J connectivity index is 2.64. The SMILES string of the molecule is OC[C@H]1C[C@@H](O)CC(CO)(CO)N1. The van der Waals surface area contributed by atoms with E-state index >= 15 is 0 Å². The van der Waals surface area contributed by atoms with Crippen molar-refractivity contribution >= 4 is 0 Å². The van der Waals surface area contributed by atoms with Gasteiger partial charge in [0.15, 0.2) is 0 Å². The minimum Gasteiger partial charge on any atom is -0.395 e. The number of hydrogen-bond donors (Lipinski definition) is 5. The lowest BCUT2D eigenvalue weighted by molar-refractivity contribution is -0.0148. The van der Waals surface area contributed by atoms with Crippen LogP contribution in [0.3, 0.4) is 0 Å². The van der Waals surface area contributed by atoms with E-state index in [1.54, 1.807) is 0 Å². The highest BCUT2D eigenvalue weighted by molar-refractivity contribution is 4.97. The van der Waals surface area contributed by atoms with Crippen molar-refractivity contribution < 1.29 is 20.4 Å². The molecular weight excluding hydrogens is 174 g/mol. The molecule has 0 bridgehead atoms. The molecule has 13 heavy (non-hydrogen) atoms. The molecule has 0 radical (unpaired) electrons. The minimum atomic E-state index is -0.842. The summed E-state index contributed by atoms with van der Waals surface area (Å²) in [5, 5.41) is 39.4. The fraction of sp³-hybridized carbons (Fsp3) is 1.00. The van der Waals surface area contributed by atoms with E-state index in [2.05, 4.69) is 5.32 Å². The monoisotopic (exact) mass is 191 g/mol. The van der Waals surface area contributed by atoms with Gasteiger partial charge in [0.1, 0.15) is 0 Å². The normalized spacial score (nSPS) is 33.2. The molecule has 1 saturated heterocycles.